The minimum Gasteiger partial charge on any atom is -0.467 e. The summed E-state index contributed by atoms with van der Waals surface area (Å²) in [5.74, 6) is 1.30. The Morgan fingerprint density at radius 2 is 2.19 bits per heavy atom. The fourth-order valence-electron chi connectivity index (χ4n) is 3.28. The van der Waals surface area contributed by atoms with Gasteiger partial charge in [-0.25, -0.2) is 4.99 Å². The second kappa shape index (κ2) is 11.6. The van der Waals surface area contributed by atoms with E-state index < -0.39 is 0 Å². The van der Waals surface area contributed by atoms with Crippen molar-refractivity contribution in [1.29, 1.82) is 0 Å². The normalized spacial score (nSPS) is 18.5. The van der Waals surface area contributed by atoms with Gasteiger partial charge in [-0.2, -0.15) is 0 Å². The second-order valence-electron chi connectivity index (χ2n) is 6.57. The molecule has 0 saturated carbocycles. The van der Waals surface area contributed by atoms with Crippen LogP contribution in [0.4, 0.5) is 0 Å². The summed E-state index contributed by atoms with van der Waals surface area (Å²) >= 11 is 0. The minimum atomic E-state index is -0.124. The Morgan fingerprint density at radius 3 is 2.92 bits per heavy atom. The molecule has 2 heterocycles. The average Bonchev–Trinajstić information content (AvgIpc) is 3.18. The topological polar surface area (TPSA) is 81.9 Å². The van der Waals surface area contributed by atoms with E-state index >= 15 is 0 Å². The van der Waals surface area contributed by atoms with E-state index in [1.54, 1.807) is 12.3 Å². The van der Waals surface area contributed by atoms with Gasteiger partial charge in [0.25, 0.3) is 0 Å². The summed E-state index contributed by atoms with van der Waals surface area (Å²) in [6.45, 7) is 8.55. The van der Waals surface area contributed by atoms with Gasteiger partial charge in [-0.1, -0.05) is 13.3 Å². The Morgan fingerprint density at radius 1 is 1.31 bits per heavy atom. The van der Waals surface area contributed by atoms with Crippen molar-refractivity contribution >= 4 is 11.9 Å². The smallest absolute Gasteiger partial charge is 0.242 e. The van der Waals surface area contributed by atoms with Crippen LogP contribution in [0.3, 0.4) is 0 Å². The van der Waals surface area contributed by atoms with E-state index in [4.69, 9.17) is 4.42 Å². The van der Waals surface area contributed by atoms with Crippen molar-refractivity contribution in [2.75, 3.05) is 32.7 Å². The van der Waals surface area contributed by atoms with Crippen molar-refractivity contribution < 1.29 is 9.21 Å². The van der Waals surface area contributed by atoms with Crippen LogP contribution < -0.4 is 16.0 Å². The number of nitrogens with zero attached hydrogens (tertiary/aromatic N) is 2. The summed E-state index contributed by atoms with van der Waals surface area (Å²) in [6.07, 6.45) is 6.75. The van der Waals surface area contributed by atoms with Crippen molar-refractivity contribution in [2.45, 2.75) is 52.1 Å². The molecule has 146 valence electrons. The first kappa shape index (κ1) is 20.3. The zero-order valence-corrected chi connectivity index (χ0v) is 16.1. The van der Waals surface area contributed by atoms with Crippen LogP contribution in [-0.2, 0) is 11.3 Å². The molecular formula is C19H33N5O2. The van der Waals surface area contributed by atoms with Crippen LogP contribution in [0.2, 0.25) is 0 Å². The van der Waals surface area contributed by atoms with Crippen molar-refractivity contribution in [3.8, 4) is 0 Å². The van der Waals surface area contributed by atoms with E-state index in [1.165, 1.54) is 32.2 Å². The lowest BCUT2D eigenvalue weighted by Crippen LogP contribution is -2.46. The molecule has 1 aromatic heterocycles. The quantitative estimate of drug-likeness (QED) is 0.460. The molecule has 1 saturated heterocycles. The standard InChI is InChI=1S/C19H33N5O2/c1-3-16-8-5-6-11-24(16)12-10-21-19(20-4-2)23-15-18(25)22-14-17-9-7-13-26-17/h7,9,13,16H,3-6,8,10-12,14-15H2,1-2H3,(H,22,25)(H2,20,21,23). The zero-order valence-electron chi connectivity index (χ0n) is 16.1. The molecule has 0 bridgehead atoms. The van der Waals surface area contributed by atoms with Crippen molar-refractivity contribution in [1.82, 2.24) is 20.9 Å². The SMILES string of the molecule is CCNC(=NCC(=O)NCc1ccco1)NCCN1CCCCC1CC. The van der Waals surface area contributed by atoms with Crippen LogP contribution in [-0.4, -0.2) is 55.5 Å². The third-order valence-corrected chi connectivity index (χ3v) is 4.68. The third kappa shape index (κ3) is 7.07. The second-order valence-corrected chi connectivity index (χ2v) is 6.57. The van der Waals surface area contributed by atoms with Gasteiger partial charge < -0.3 is 20.4 Å². The number of rotatable bonds is 9. The molecule has 0 aromatic carbocycles. The van der Waals surface area contributed by atoms with Gasteiger partial charge in [0.15, 0.2) is 5.96 Å². The van der Waals surface area contributed by atoms with Gasteiger partial charge >= 0.3 is 0 Å². The number of guanidine groups is 1. The molecule has 1 fully saturated rings. The van der Waals surface area contributed by atoms with Crippen molar-refractivity contribution in [3.63, 3.8) is 0 Å². The molecule has 0 aliphatic carbocycles. The molecule has 26 heavy (non-hydrogen) atoms. The van der Waals surface area contributed by atoms with Crippen LogP contribution in [0.15, 0.2) is 27.8 Å². The summed E-state index contributed by atoms with van der Waals surface area (Å²) in [4.78, 5) is 18.9. The van der Waals surface area contributed by atoms with Crippen LogP contribution in [0.5, 0.6) is 0 Å². The summed E-state index contributed by atoms with van der Waals surface area (Å²) in [5, 5.41) is 9.33. The number of furan rings is 1. The summed E-state index contributed by atoms with van der Waals surface area (Å²) in [5.41, 5.74) is 0. The van der Waals surface area contributed by atoms with Crippen LogP contribution in [0, 0.1) is 0 Å². The maximum atomic E-state index is 11.9. The summed E-state index contributed by atoms with van der Waals surface area (Å²) < 4.78 is 5.20. The minimum absolute atomic E-state index is 0.0946. The monoisotopic (exact) mass is 363 g/mol. The van der Waals surface area contributed by atoms with E-state index in [1.807, 2.05) is 13.0 Å². The highest BCUT2D eigenvalue weighted by Gasteiger charge is 2.19. The van der Waals surface area contributed by atoms with Crippen molar-refractivity contribution in [3.05, 3.63) is 24.2 Å². The number of carbonyl (C=O) groups is 1. The molecule has 1 aromatic rings. The number of carbonyl (C=O) groups excluding carboxylic acids is 1. The first-order valence-corrected chi connectivity index (χ1v) is 9.78. The molecule has 1 amide bonds. The molecule has 0 spiro atoms. The fourth-order valence-corrected chi connectivity index (χ4v) is 3.28. The molecule has 1 aliphatic rings. The van der Waals surface area contributed by atoms with Gasteiger partial charge in [0.05, 0.1) is 12.8 Å². The Hall–Kier alpha value is -2.02. The van der Waals surface area contributed by atoms with Gasteiger partial charge in [-0.3, -0.25) is 9.69 Å². The molecule has 7 nitrogen and oxygen atoms in total. The molecular weight excluding hydrogens is 330 g/mol. The molecule has 1 unspecified atom stereocenters. The van der Waals surface area contributed by atoms with Crippen LogP contribution >= 0.6 is 0 Å². The largest absolute Gasteiger partial charge is 0.467 e. The highest BCUT2D eigenvalue weighted by atomic mass is 16.3. The van der Waals surface area contributed by atoms with E-state index in [9.17, 15) is 4.79 Å². The Balaban J connectivity index is 1.72. The zero-order chi connectivity index (χ0) is 18.6. The van der Waals surface area contributed by atoms with Gasteiger partial charge in [0, 0.05) is 25.7 Å². The van der Waals surface area contributed by atoms with E-state index in [2.05, 4.69) is 32.8 Å². The number of amides is 1. The summed E-state index contributed by atoms with van der Waals surface area (Å²) in [7, 11) is 0. The maximum absolute atomic E-state index is 11.9. The average molecular weight is 364 g/mol. The Labute approximate surface area is 156 Å². The van der Waals surface area contributed by atoms with Crippen LogP contribution in [0.1, 0.15) is 45.3 Å². The molecule has 2 rings (SSSR count). The first-order chi connectivity index (χ1) is 12.7. The van der Waals surface area contributed by atoms with Crippen molar-refractivity contribution in [2.24, 2.45) is 4.99 Å². The number of nitrogens with one attached hydrogen (secondary N) is 3. The molecule has 1 atom stereocenters. The molecule has 7 heteroatoms. The highest BCUT2D eigenvalue weighted by Crippen LogP contribution is 2.18. The Kier molecular flexibility index (Phi) is 9.03. The highest BCUT2D eigenvalue weighted by molar-refractivity contribution is 5.84. The molecule has 1 aliphatic heterocycles. The summed E-state index contributed by atoms with van der Waals surface area (Å²) in [6, 6.07) is 4.34. The number of aliphatic imine (C=N–C) groups is 1. The number of piperidine rings is 1. The number of hydrogen-bond acceptors (Lipinski definition) is 4. The predicted molar refractivity (Wildman–Crippen MR) is 104 cm³/mol. The maximum Gasteiger partial charge on any atom is 0.242 e. The first-order valence-electron chi connectivity index (χ1n) is 9.78. The number of hydrogen-bond donors (Lipinski definition) is 3. The number of likely N-dealkylation sites (tertiary alicyclic amines) is 1. The van der Waals surface area contributed by atoms with E-state index in [-0.39, 0.29) is 12.5 Å². The molecule has 0 radical (unpaired) electrons. The molecule has 3 N–H and O–H groups in total. The van der Waals surface area contributed by atoms with E-state index in [0.29, 0.717) is 18.5 Å². The lowest BCUT2D eigenvalue weighted by atomic mass is 10.0. The van der Waals surface area contributed by atoms with Gasteiger partial charge in [-0.15, -0.1) is 0 Å². The lowest BCUT2D eigenvalue weighted by Gasteiger charge is -2.35. The predicted octanol–water partition coefficient (Wildman–Crippen LogP) is 1.72. The Bertz CT molecular complexity index is 544. The van der Waals surface area contributed by atoms with E-state index in [0.717, 1.165) is 25.4 Å². The van der Waals surface area contributed by atoms with Gasteiger partial charge in [0.2, 0.25) is 5.91 Å². The van der Waals surface area contributed by atoms with Crippen LogP contribution in [0.25, 0.3) is 0 Å². The van der Waals surface area contributed by atoms with Gasteiger partial charge in [0.1, 0.15) is 12.3 Å². The van der Waals surface area contributed by atoms with Gasteiger partial charge in [-0.05, 0) is 44.9 Å². The fraction of sp³-hybridized carbons (Fsp3) is 0.684. The third-order valence-electron chi connectivity index (χ3n) is 4.68. The lowest BCUT2D eigenvalue weighted by molar-refractivity contribution is -0.119.